The molecule has 1 aliphatic carbocycles. The SMILES string of the molecule is CC(C)(C)[C@H](NC(=O)Nc1ccccn1)C(=O)N(CC(=O)NO)CC1CCCC1. The summed E-state index contributed by atoms with van der Waals surface area (Å²) in [4.78, 5) is 43.0. The summed E-state index contributed by atoms with van der Waals surface area (Å²) < 4.78 is 0. The predicted molar refractivity (Wildman–Crippen MR) is 108 cm³/mol. The molecule has 0 unspecified atom stereocenters. The molecule has 0 radical (unpaired) electrons. The molecule has 1 aromatic rings. The molecule has 9 heteroatoms. The fraction of sp³-hybridized carbons (Fsp3) is 0.600. The van der Waals surface area contributed by atoms with E-state index in [1.165, 1.54) is 4.90 Å². The van der Waals surface area contributed by atoms with E-state index >= 15 is 0 Å². The highest BCUT2D eigenvalue weighted by Gasteiger charge is 2.37. The number of nitrogens with one attached hydrogen (secondary N) is 3. The Hall–Kier alpha value is -2.68. The van der Waals surface area contributed by atoms with E-state index < -0.39 is 23.4 Å². The average molecular weight is 405 g/mol. The Morgan fingerprint density at radius 3 is 2.48 bits per heavy atom. The lowest BCUT2D eigenvalue weighted by Crippen LogP contribution is -2.57. The fourth-order valence-corrected chi connectivity index (χ4v) is 3.50. The molecular formula is C20H31N5O4. The number of carbonyl (C=O) groups excluding carboxylic acids is 3. The van der Waals surface area contributed by atoms with Gasteiger partial charge < -0.3 is 10.2 Å². The van der Waals surface area contributed by atoms with E-state index in [9.17, 15) is 14.4 Å². The molecule has 9 nitrogen and oxygen atoms in total. The molecule has 29 heavy (non-hydrogen) atoms. The minimum Gasteiger partial charge on any atom is -0.331 e. The highest BCUT2D eigenvalue weighted by atomic mass is 16.5. The lowest BCUT2D eigenvalue weighted by atomic mass is 9.85. The van der Waals surface area contributed by atoms with Gasteiger partial charge in [-0.15, -0.1) is 0 Å². The molecule has 0 aliphatic heterocycles. The Morgan fingerprint density at radius 1 is 1.24 bits per heavy atom. The van der Waals surface area contributed by atoms with Crippen LogP contribution in [0.2, 0.25) is 0 Å². The molecule has 0 aromatic carbocycles. The average Bonchev–Trinajstić information content (AvgIpc) is 3.18. The van der Waals surface area contributed by atoms with Crippen LogP contribution in [-0.2, 0) is 9.59 Å². The van der Waals surface area contributed by atoms with Crippen molar-refractivity contribution in [2.24, 2.45) is 11.3 Å². The first-order valence-electron chi connectivity index (χ1n) is 9.91. The normalized spacial score (nSPS) is 15.4. The first-order chi connectivity index (χ1) is 13.7. The monoisotopic (exact) mass is 405 g/mol. The maximum absolute atomic E-state index is 13.3. The van der Waals surface area contributed by atoms with Crippen molar-refractivity contribution in [3.8, 4) is 0 Å². The molecule has 4 N–H and O–H groups in total. The molecule has 1 atom stereocenters. The first-order valence-corrected chi connectivity index (χ1v) is 9.91. The van der Waals surface area contributed by atoms with Gasteiger partial charge in [-0.25, -0.2) is 15.3 Å². The Balaban J connectivity index is 2.14. The number of pyridine rings is 1. The van der Waals surface area contributed by atoms with Crippen molar-refractivity contribution in [1.29, 1.82) is 0 Å². The van der Waals surface area contributed by atoms with Crippen LogP contribution in [-0.4, -0.2) is 52.1 Å². The minimum atomic E-state index is -0.862. The molecule has 0 bridgehead atoms. The van der Waals surface area contributed by atoms with Crippen LogP contribution in [0.5, 0.6) is 0 Å². The van der Waals surface area contributed by atoms with Gasteiger partial charge in [0.05, 0.1) is 0 Å². The van der Waals surface area contributed by atoms with Gasteiger partial charge in [-0.05, 0) is 36.3 Å². The van der Waals surface area contributed by atoms with Gasteiger partial charge in [0.1, 0.15) is 18.4 Å². The van der Waals surface area contributed by atoms with E-state index in [4.69, 9.17) is 5.21 Å². The van der Waals surface area contributed by atoms with E-state index in [0.717, 1.165) is 25.7 Å². The minimum absolute atomic E-state index is 0.262. The van der Waals surface area contributed by atoms with Crippen LogP contribution in [0.25, 0.3) is 0 Å². The van der Waals surface area contributed by atoms with Crippen molar-refractivity contribution in [2.75, 3.05) is 18.4 Å². The number of hydrogen-bond donors (Lipinski definition) is 4. The van der Waals surface area contributed by atoms with Gasteiger partial charge in [-0.2, -0.15) is 0 Å². The van der Waals surface area contributed by atoms with Gasteiger partial charge in [-0.3, -0.25) is 20.1 Å². The summed E-state index contributed by atoms with van der Waals surface area (Å²) in [5, 5.41) is 14.2. The quantitative estimate of drug-likeness (QED) is 0.409. The molecule has 1 fully saturated rings. The molecule has 4 amide bonds. The van der Waals surface area contributed by atoms with Crippen molar-refractivity contribution in [3.05, 3.63) is 24.4 Å². The number of carbonyl (C=O) groups is 3. The Bertz CT molecular complexity index is 699. The lowest BCUT2D eigenvalue weighted by Gasteiger charge is -2.35. The van der Waals surface area contributed by atoms with Crippen molar-refractivity contribution in [2.45, 2.75) is 52.5 Å². The summed E-state index contributed by atoms with van der Waals surface area (Å²) in [5.41, 5.74) is 0.990. The number of amides is 4. The van der Waals surface area contributed by atoms with Crippen molar-refractivity contribution >= 4 is 23.7 Å². The summed E-state index contributed by atoms with van der Waals surface area (Å²) in [6.07, 6.45) is 5.76. The third kappa shape index (κ3) is 7.01. The van der Waals surface area contributed by atoms with Crippen LogP contribution in [0.15, 0.2) is 24.4 Å². The fourth-order valence-electron chi connectivity index (χ4n) is 3.50. The number of hydroxylamine groups is 1. The van der Waals surface area contributed by atoms with Crippen LogP contribution in [0.3, 0.4) is 0 Å². The standard InChI is InChI=1S/C20H31N5O4/c1-20(2,3)17(23-19(28)22-15-10-6-7-11-21-15)18(27)25(13-16(26)24-29)12-14-8-4-5-9-14/h6-7,10-11,14,17,29H,4-5,8-9,12-13H2,1-3H3,(H,24,26)(H2,21,22,23,28)/t17-/m1/s1. The zero-order valence-corrected chi connectivity index (χ0v) is 17.3. The van der Waals surface area contributed by atoms with Crippen LogP contribution in [0.1, 0.15) is 46.5 Å². The summed E-state index contributed by atoms with van der Waals surface area (Å²) in [7, 11) is 0. The summed E-state index contributed by atoms with van der Waals surface area (Å²) in [6, 6.07) is 3.71. The largest absolute Gasteiger partial charge is 0.331 e. The molecule has 1 saturated carbocycles. The molecule has 2 rings (SSSR count). The van der Waals surface area contributed by atoms with Gasteiger partial charge in [0, 0.05) is 12.7 Å². The third-order valence-corrected chi connectivity index (χ3v) is 5.02. The second-order valence-electron chi connectivity index (χ2n) is 8.52. The zero-order chi connectivity index (χ0) is 21.4. The van der Waals surface area contributed by atoms with Gasteiger partial charge in [0.15, 0.2) is 0 Å². The second-order valence-corrected chi connectivity index (χ2v) is 8.52. The molecule has 1 aromatic heterocycles. The first kappa shape index (κ1) is 22.6. The van der Waals surface area contributed by atoms with E-state index in [1.807, 2.05) is 20.8 Å². The van der Waals surface area contributed by atoms with E-state index in [2.05, 4.69) is 15.6 Å². The number of nitrogens with zero attached hydrogens (tertiary/aromatic N) is 2. The highest BCUT2D eigenvalue weighted by Crippen LogP contribution is 2.27. The smallest absolute Gasteiger partial charge is 0.321 e. The lowest BCUT2D eigenvalue weighted by molar-refractivity contribution is -0.142. The van der Waals surface area contributed by atoms with Gasteiger partial charge >= 0.3 is 6.03 Å². The van der Waals surface area contributed by atoms with Crippen molar-refractivity contribution in [3.63, 3.8) is 0 Å². The number of anilines is 1. The van der Waals surface area contributed by atoms with Crippen molar-refractivity contribution < 1.29 is 19.6 Å². The van der Waals surface area contributed by atoms with Crippen LogP contribution >= 0.6 is 0 Å². The zero-order valence-electron chi connectivity index (χ0n) is 17.3. The summed E-state index contributed by atoms with van der Waals surface area (Å²) in [6.45, 7) is 5.69. The number of urea groups is 1. The molecule has 0 spiro atoms. The molecular weight excluding hydrogens is 374 g/mol. The maximum Gasteiger partial charge on any atom is 0.321 e. The summed E-state index contributed by atoms with van der Waals surface area (Å²) >= 11 is 0. The molecule has 1 heterocycles. The van der Waals surface area contributed by atoms with E-state index in [1.54, 1.807) is 29.9 Å². The van der Waals surface area contributed by atoms with Crippen molar-refractivity contribution in [1.82, 2.24) is 20.7 Å². The number of rotatable bonds is 7. The van der Waals surface area contributed by atoms with Crippen LogP contribution in [0.4, 0.5) is 10.6 Å². The van der Waals surface area contributed by atoms with E-state index in [-0.39, 0.29) is 12.5 Å². The summed E-state index contributed by atoms with van der Waals surface area (Å²) in [5.74, 6) is -0.341. The Morgan fingerprint density at radius 2 is 1.93 bits per heavy atom. The molecule has 1 aliphatic rings. The van der Waals surface area contributed by atoms with Gasteiger partial charge in [0.25, 0.3) is 5.91 Å². The second kappa shape index (κ2) is 10.2. The molecule has 160 valence electrons. The van der Waals surface area contributed by atoms with E-state index in [0.29, 0.717) is 18.3 Å². The Kier molecular flexibility index (Phi) is 7.95. The highest BCUT2D eigenvalue weighted by molar-refractivity contribution is 5.94. The predicted octanol–water partition coefficient (Wildman–Crippen LogP) is 2.14. The third-order valence-electron chi connectivity index (χ3n) is 5.02. The number of aromatic nitrogens is 1. The van der Waals surface area contributed by atoms with Crippen LogP contribution in [0, 0.1) is 11.3 Å². The Labute approximate surface area is 171 Å². The topological polar surface area (TPSA) is 124 Å². The van der Waals surface area contributed by atoms with Gasteiger partial charge in [-0.1, -0.05) is 39.7 Å². The maximum atomic E-state index is 13.3. The molecule has 0 saturated heterocycles. The number of hydrogen-bond acceptors (Lipinski definition) is 5. The van der Waals surface area contributed by atoms with Gasteiger partial charge in [0.2, 0.25) is 5.91 Å². The van der Waals surface area contributed by atoms with Crippen LogP contribution < -0.4 is 16.1 Å².